The fourth-order valence-corrected chi connectivity index (χ4v) is 2.03. The van der Waals surface area contributed by atoms with Crippen molar-refractivity contribution in [3.63, 3.8) is 0 Å². The van der Waals surface area contributed by atoms with Crippen LogP contribution in [0.2, 0.25) is 0 Å². The summed E-state index contributed by atoms with van der Waals surface area (Å²) in [5.41, 5.74) is 14.9. The molecule has 3 rings (SSSR count). The molecule has 5 heteroatoms. The lowest BCUT2D eigenvalue weighted by molar-refractivity contribution is 0.417. The SMILES string of the molecule is COc1c(N)ccc(N)c1-c1nc2ccccc2o1. The number of ether oxygens (including phenoxy) is 1. The molecule has 0 aliphatic heterocycles. The minimum Gasteiger partial charge on any atom is -0.494 e. The molecule has 96 valence electrons. The van der Waals surface area contributed by atoms with Gasteiger partial charge < -0.3 is 20.6 Å². The van der Waals surface area contributed by atoms with E-state index < -0.39 is 0 Å². The molecule has 4 N–H and O–H groups in total. The molecule has 5 nitrogen and oxygen atoms in total. The second-order valence-corrected chi connectivity index (χ2v) is 4.14. The molecular weight excluding hydrogens is 242 g/mol. The Bertz CT molecular complexity index is 717. The van der Waals surface area contributed by atoms with Gasteiger partial charge >= 0.3 is 0 Å². The average Bonchev–Trinajstić information content (AvgIpc) is 2.84. The summed E-state index contributed by atoms with van der Waals surface area (Å²) in [5, 5.41) is 0. The fourth-order valence-electron chi connectivity index (χ4n) is 2.03. The molecule has 0 saturated carbocycles. The molecule has 0 aliphatic carbocycles. The van der Waals surface area contributed by atoms with Gasteiger partial charge in [-0.1, -0.05) is 12.1 Å². The molecule has 2 aromatic carbocycles. The fraction of sp³-hybridized carbons (Fsp3) is 0.0714. The van der Waals surface area contributed by atoms with Gasteiger partial charge in [-0.2, -0.15) is 0 Å². The Hall–Kier alpha value is -2.69. The Morgan fingerprint density at radius 2 is 1.79 bits per heavy atom. The molecule has 0 amide bonds. The molecule has 1 heterocycles. The first-order chi connectivity index (χ1) is 9.20. The van der Waals surface area contributed by atoms with Crippen molar-refractivity contribution in [1.82, 2.24) is 4.98 Å². The summed E-state index contributed by atoms with van der Waals surface area (Å²) < 4.78 is 11.0. The lowest BCUT2D eigenvalue weighted by Crippen LogP contribution is -1.99. The smallest absolute Gasteiger partial charge is 0.233 e. The zero-order chi connectivity index (χ0) is 13.4. The van der Waals surface area contributed by atoms with E-state index in [1.54, 1.807) is 12.1 Å². The number of nitrogens with zero attached hydrogens (tertiary/aromatic N) is 1. The number of anilines is 2. The van der Waals surface area contributed by atoms with Gasteiger partial charge in [-0.05, 0) is 24.3 Å². The van der Waals surface area contributed by atoms with Gasteiger partial charge in [0.15, 0.2) is 11.3 Å². The highest BCUT2D eigenvalue weighted by molar-refractivity contribution is 5.86. The number of para-hydroxylation sites is 2. The molecule has 0 saturated heterocycles. The van der Waals surface area contributed by atoms with Crippen molar-refractivity contribution < 1.29 is 9.15 Å². The summed E-state index contributed by atoms with van der Waals surface area (Å²) in [6, 6.07) is 10.9. The quantitative estimate of drug-likeness (QED) is 0.687. The molecular formula is C14H13N3O2. The summed E-state index contributed by atoms with van der Waals surface area (Å²) in [5.74, 6) is 0.884. The van der Waals surface area contributed by atoms with Crippen LogP contribution in [0.3, 0.4) is 0 Å². The van der Waals surface area contributed by atoms with Crippen LogP contribution in [0.15, 0.2) is 40.8 Å². The van der Waals surface area contributed by atoms with E-state index in [9.17, 15) is 0 Å². The third kappa shape index (κ3) is 1.76. The van der Waals surface area contributed by atoms with Crippen LogP contribution >= 0.6 is 0 Å². The average molecular weight is 255 g/mol. The van der Waals surface area contributed by atoms with Crippen LogP contribution in [0.25, 0.3) is 22.6 Å². The number of oxazole rings is 1. The third-order valence-electron chi connectivity index (χ3n) is 2.93. The van der Waals surface area contributed by atoms with E-state index in [2.05, 4.69) is 4.98 Å². The highest BCUT2D eigenvalue weighted by atomic mass is 16.5. The maximum Gasteiger partial charge on any atom is 0.233 e. The van der Waals surface area contributed by atoms with Crippen LogP contribution in [0.1, 0.15) is 0 Å². The molecule has 0 spiro atoms. The number of aromatic nitrogens is 1. The Balaban J connectivity index is 2.29. The van der Waals surface area contributed by atoms with E-state index in [1.807, 2.05) is 24.3 Å². The number of rotatable bonds is 2. The van der Waals surface area contributed by atoms with Gasteiger partial charge in [-0.15, -0.1) is 0 Å². The number of nitrogens with two attached hydrogens (primary N) is 2. The number of hydrogen-bond acceptors (Lipinski definition) is 5. The van der Waals surface area contributed by atoms with Crippen molar-refractivity contribution in [3.05, 3.63) is 36.4 Å². The number of nitrogen functional groups attached to an aromatic ring is 2. The van der Waals surface area contributed by atoms with Gasteiger partial charge in [0.05, 0.1) is 12.8 Å². The van der Waals surface area contributed by atoms with Gasteiger partial charge in [-0.3, -0.25) is 0 Å². The summed E-state index contributed by atoms with van der Waals surface area (Å²) in [4.78, 5) is 4.41. The molecule has 0 radical (unpaired) electrons. The first-order valence-electron chi connectivity index (χ1n) is 5.78. The minimum absolute atomic E-state index is 0.405. The van der Waals surface area contributed by atoms with Gasteiger partial charge in [0.25, 0.3) is 0 Å². The van der Waals surface area contributed by atoms with Gasteiger partial charge in [0, 0.05) is 5.69 Å². The van der Waals surface area contributed by atoms with Crippen molar-refractivity contribution in [1.29, 1.82) is 0 Å². The van der Waals surface area contributed by atoms with Crippen LogP contribution in [0.5, 0.6) is 5.75 Å². The standard InChI is InChI=1S/C14H13N3O2/c1-18-13-9(16)7-6-8(15)12(13)14-17-10-4-2-3-5-11(10)19-14/h2-7H,15-16H2,1H3. The zero-order valence-corrected chi connectivity index (χ0v) is 10.4. The normalized spacial score (nSPS) is 10.8. The van der Waals surface area contributed by atoms with E-state index in [0.29, 0.717) is 34.2 Å². The minimum atomic E-state index is 0.405. The number of hydrogen-bond donors (Lipinski definition) is 2. The Morgan fingerprint density at radius 3 is 2.53 bits per heavy atom. The lowest BCUT2D eigenvalue weighted by atomic mass is 10.1. The molecule has 0 unspecified atom stereocenters. The van der Waals surface area contributed by atoms with E-state index in [0.717, 1.165) is 5.52 Å². The van der Waals surface area contributed by atoms with Gasteiger partial charge in [-0.25, -0.2) is 4.98 Å². The lowest BCUT2D eigenvalue weighted by Gasteiger charge is -2.10. The molecule has 0 aliphatic rings. The number of methoxy groups -OCH3 is 1. The predicted molar refractivity (Wildman–Crippen MR) is 74.8 cm³/mol. The second kappa shape index (κ2) is 4.20. The summed E-state index contributed by atoms with van der Waals surface area (Å²) in [6.07, 6.45) is 0. The summed E-state index contributed by atoms with van der Waals surface area (Å²) in [6.45, 7) is 0. The Morgan fingerprint density at radius 1 is 1.05 bits per heavy atom. The first-order valence-corrected chi connectivity index (χ1v) is 5.78. The molecule has 3 aromatic rings. The molecule has 0 atom stereocenters. The Kier molecular flexibility index (Phi) is 2.52. The Labute approximate surface area is 109 Å². The highest BCUT2D eigenvalue weighted by Gasteiger charge is 2.18. The summed E-state index contributed by atoms with van der Waals surface area (Å²) >= 11 is 0. The van der Waals surface area contributed by atoms with Crippen LogP contribution in [-0.2, 0) is 0 Å². The highest BCUT2D eigenvalue weighted by Crippen LogP contribution is 2.39. The van der Waals surface area contributed by atoms with Crippen molar-refractivity contribution in [3.8, 4) is 17.2 Å². The third-order valence-corrected chi connectivity index (χ3v) is 2.93. The maximum absolute atomic E-state index is 5.98. The maximum atomic E-state index is 5.98. The molecule has 19 heavy (non-hydrogen) atoms. The van der Waals surface area contributed by atoms with Crippen LogP contribution < -0.4 is 16.2 Å². The predicted octanol–water partition coefficient (Wildman–Crippen LogP) is 2.67. The molecule has 0 bridgehead atoms. The zero-order valence-electron chi connectivity index (χ0n) is 10.4. The van der Waals surface area contributed by atoms with Crippen molar-refractivity contribution >= 4 is 22.5 Å². The molecule has 0 fully saturated rings. The van der Waals surface area contributed by atoms with E-state index >= 15 is 0 Å². The number of fused-ring (bicyclic) bond motifs is 1. The summed E-state index contributed by atoms with van der Waals surface area (Å²) in [7, 11) is 1.54. The van der Waals surface area contributed by atoms with Gasteiger partial charge in [0.2, 0.25) is 5.89 Å². The van der Waals surface area contributed by atoms with Crippen LogP contribution in [0.4, 0.5) is 11.4 Å². The topological polar surface area (TPSA) is 87.3 Å². The van der Waals surface area contributed by atoms with E-state index in [-0.39, 0.29) is 0 Å². The van der Waals surface area contributed by atoms with Crippen molar-refractivity contribution in [2.45, 2.75) is 0 Å². The second-order valence-electron chi connectivity index (χ2n) is 4.14. The molecule has 1 aromatic heterocycles. The van der Waals surface area contributed by atoms with Crippen molar-refractivity contribution in [2.24, 2.45) is 0 Å². The van der Waals surface area contributed by atoms with Crippen molar-refractivity contribution in [2.75, 3.05) is 18.6 Å². The van der Waals surface area contributed by atoms with Crippen LogP contribution in [0, 0.1) is 0 Å². The van der Waals surface area contributed by atoms with E-state index in [1.165, 1.54) is 7.11 Å². The first kappa shape index (κ1) is 11.4. The number of benzene rings is 2. The van der Waals surface area contributed by atoms with Crippen LogP contribution in [-0.4, -0.2) is 12.1 Å². The largest absolute Gasteiger partial charge is 0.494 e. The monoisotopic (exact) mass is 255 g/mol. The van der Waals surface area contributed by atoms with Gasteiger partial charge in [0.1, 0.15) is 11.1 Å². The van der Waals surface area contributed by atoms with E-state index in [4.69, 9.17) is 20.6 Å².